The molecule has 0 spiro atoms. The van der Waals surface area contributed by atoms with Gasteiger partial charge in [-0.3, -0.25) is 0 Å². The molecule has 0 aliphatic rings. The maximum atomic E-state index is 12.1. The Hall–Kier alpha value is -2.81. The molecule has 2 rings (SSSR count). The molecule has 108 valence electrons. The number of aryl methyl sites for hydroxylation is 2. The van der Waals surface area contributed by atoms with Crippen LogP contribution in [0, 0.1) is 18.3 Å². The lowest BCUT2D eigenvalue weighted by atomic mass is 10.00. The number of hydrogen-bond donors (Lipinski definition) is 0. The van der Waals surface area contributed by atoms with E-state index in [1.54, 1.807) is 30.7 Å². The summed E-state index contributed by atoms with van der Waals surface area (Å²) < 4.78 is 11.1. The molecule has 0 radical (unpaired) electrons. The topological polar surface area (TPSA) is 81.3 Å². The molecule has 0 unspecified atom stereocenters. The number of benzene rings is 1. The highest BCUT2D eigenvalue weighted by molar-refractivity contribution is 6.13. The summed E-state index contributed by atoms with van der Waals surface area (Å²) in [4.78, 5) is 24.0. The second-order valence-corrected chi connectivity index (χ2v) is 4.56. The smallest absolute Gasteiger partial charge is 0.340 e. The van der Waals surface area contributed by atoms with E-state index in [9.17, 15) is 9.59 Å². The van der Waals surface area contributed by atoms with Gasteiger partial charge in [-0.2, -0.15) is 5.26 Å². The van der Waals surface area contributed by atoms with E-state index in [1.165, 1.54) is 14.2 Å². The number of ether oxygens (including phenoxy) is 2. The predicted molar refractivity (Wildman–Crippen MR) is 75.1 cm³/mol. The summed E-state index contributed by atoms with van der Waals surface area (Å²) in [6.07, 6.45) is 0. The van der Waals surface area contributed by atoms with Crippen LogP contribution in [0.5, 0.6) is 0 Å². The molecule has 1 heterocycles. The monoisotopic (exact) mass is 286 g/mol. The van der Waals surface area contributed by atoms with Crippen molar-refractivity contribution >= 4 is 22.8 Å². The van der Waals surface area contributed by atoms with E-state index < -0.39 is 11.9 Å². The number of nitriles is 1. The van der Waals surface area contributed by atoms with E-state index in [0.29, 0.717) is 11.2 Å². The van der Waals surface area contributed by atoms with Crippen molar-refractivity contribution < 1.29 is 19.1 Å². The summed E-state index contributed by atoms with van der Waals surface area (Å²) >= 11 is 0. The van der Waals surface area contributed by atoms with Crippen LogP contribution >= 0.6 is 0 Å². The average Bonchev–Trinajstić information content (AvgIpc) is 2.83. The molecule has 0 saturated heterocycles. The van der Waals surface area contributed by atoms with Gasteiger partial charge < -0.3 is 14.0 Å². The van der Waals surface area contributed by atoms with Crippen molar-refractivity contribution in [1.29, 1.82) is 5.26 Å². The second kappa shape index (κ2) is 5.29. The zero-order valence-corrected chi connectivity index (χ0v) is 12.2. The van der Waals surface area contributed by atoms with Gasteiger partial charge in [0, 0.05) is 12.4 Å². The van der Waals surface area contributed by atoms with Gasteiger partial charge in [0.25, 0.3) is 0 Å². The molecule has 0 fully saturated rings. The van der Waals surface area contributed by atoms with E-state index in [-0.39, 0.29) is 11.1 Å². The van der Waals surface area contributed by atoms with Gasteiger partial charge in [0.05, 0.1) is 30.9 Å². The molecule has 6 heteroatoms. The highest BCUT2D eigenvalue weighted by Gasteiger charge is 2.25. The first-order chi connectivity index (χ1) is 9.96. The fourth-order valence-corrected chi connectivity index (χ4v) is 2.39. The third-order valence-electron chi connectivity index (χ3n) is 3.43. The van der Waals surface area contributed by atoms with Crippen LogP contribution in [-0.4, -0.2) is 30.7 Å². The lowest BCUT2D eigenvalue weighted by Gasteiger charge is -2.11. The van der Waals surface area contributed by atoms with Gasteiger partial charge in [0.15, 0.2) is 0 Å². The summed E-state index contributed by atoms with van der Waals surface area (Å²) in [6, 6.07) is 5.30. The summed E-state index contributed by atoms with van der Waals surface area (Å²) in [6.45, 7) is 1.80. The molecule has 0 amide bonds. The van der Waals surface area contributed by atoms with Gasteiger partial charge in [-0.15, -0.1) is 0 Å². The molecule has 0 atom stereocenters. The summed E-state index contributed by atoms with van der Waals surface area (Å²) in [5.74, 6) is -1.27. The Morgan fingerprint density at radius 3 is 2.33 bits per heavy atom. The van der Waals surface area contributed by atoms with E-state index in [1.807, 2.05) is 0 Å². The van der Waals surface area contributed by atoms with Crippen molar-refractivity contribution in [2.45, 2.75) is 6.92 Å². The highest BCUT2D eigenvalue weighted by Crippen LogP contribution is 2.29. The SMILES string of the molecule is COC(=O)c1cc(C)c2cc(C#N)n(C)c2c1C(=O)OC. The molecule has 1 aromatic heterocycles. The van der Waals surface area contributed by atoms with E-state index in [0.717, 1.165) is 10.9 Å². The minimum Gasteiger partial charge on any atom is -0.465 e. The van der Waals surface area contributed by atoms with Gasteiger partial charge in [0.1, 0.15) is 11.8 Å². The Balaban J connectivity index is 3.00. The number of hydrogen-bond acceptors (Lipinski definition) is 5. The van der Waals surface area contributed by atoms with Crippen molar-refractivity contribution in [2.24, 2.45) is 7.05 Å². The van der Waals surface area contributed by atoms with E-state index >= 15 is 0 Å². The van der Waals surface area contributed by atoms with Crippen molar-refractivity contribution in [3.63, 3.8) is 0 Å². The molecule has 21 heavy (non-hydrogen) atoms. The molecule has 6 nitrogen and oxygen atoms in total. The lowest BCUT2D eigenvalue weighted by Crippen LogP contribution is -2.14. The molecule has 0 aliphatic carbocycles. The Labute approximate surface area is 121 Å². The van der Waals surface area contributed by atoms with Crippen LogP contribution in [0.15, 0.2) is 12.1 Å². The summed E-state index contributed by atoms with van der Waals surface area (Å²) in [7, 11) is 4.14. The Kier molecular flexibility index (Phi) is 3.68. The number of rotatable bonds is 2. The number of aromatic nitrogens is 1. The first-order valence-corrected chi connectivity index (χ1v) is 6.16. The van der Waals surface area contributed by atoms with Crippen LogP contribution in [0.1, 0.15) is 32.0 Å². The molecular weight excluding hydrogens is 272 g/mol. The average molecular weight is 286 g/mol. The van der Waals surface area contributed by atoms with Crippen molar-refractivity contribution in [2.75, 3.05) is 14.2 Å². The summed E-state index contributed by atoms with van der Waals surface area (Å²) in [5.41, 5.74) is 1.88. The second-order valence-electron chi connectivity index (χ2n) is 4.56. The third kappa shape index (κ3) is 2.13. The molecule has 1 aromatic carbocycles. The largest absolute Gasteiger partial charge is 0.465 e. The molecule has 0 N–H and O–H groups in total. The van der Waals surface area contributed by atoms with Crippen LogP contribution in [0.3, 0.4) is 0 Å². The number of esters is 2. The van der Waals surface area contributed by atoms with Gasteiger partial charge in [-0.1, -0.05) is 0 Å². The molecule has 0 bridgehead atoms. The maximum absolute atomic E-state index is 12.1. The van der Waals surface area contributed by atoms with Gasteiger partial charge in [-0.25, -0.2) is 9.59 Å². The Morgan fingerprint density at radius 1 is 1.19 bits per heavy atom. The highest BCUT2D eigenvalue weighted by atomic mass is 16.5. The molecule has 0 saturated carbocycles. The van der Waals surface area contributed by atoms with Gasteiger partial charge in [0.2, 0.25) is 0 Å². The van der Waals surface area contributed by atoms with E-state index in [2.05, 4.69) is 6.07 Å². The molecule has 2 aromatic rings. The van der Waals surface area contributed by atoms with Crippen molar-refractivity contribution in [3.05, 3.63) is 34.5 Å². The fraction of sp³-hybridized carbons (Fsp3) is 0.267. The summed E-state index contributed by atoms with van der Waals surface area (Å²) in [5, 5.41) is 9.87. The quantitative estimate of drug-likeness (QED) is 0.788. The number of methoxy groups -OCH3 is 2. The maximum Gasteiger partial charge on any atom is 0.340 e. The van der Waals surface area contributed by atoms with Crippen LogP contribution in [0.4, 0.5) is 0 Å². The lowest BCUT2D eigenvalue weighted by molar-refractivity contribution is 0.0556. The van der Waals surface area contributed by atoms with Crippen LogP contribution < -0.4 is 0 Å². The van der Waals surface area contributed by atoms with Crippen LogP contribution in [-0.2, 0) is 16.5 Å². The van der Waals surface area contributed by atoms with Crippen molar-refractivity contribution in [1.82, 2.24) is 4.57 Å². The van der Waals surface area contributed by atoms with Crippen molar-refractivity contribution in [3.8, 4) is 6.07 Å². The van der Waals surface area contributed by atoms with E-state index in [4.69, 9.17) is 14.7 Å². The predicted octanol–water partition coefficient (Wildman–Crippen LogP) is 1.93. The third-order valence-corrected chi connectivity index (χ3v) is 3.43. The Bertz CT molecular complexity index is 796. The van der Waals surface area contributed by atoms with Gasteiger partial charge >= 0.3 is 11.9 Å². The zero-order valence-electron chi connectivity index (χ0n) is 12.2. The number of carbonyl (C=O) groups is 2. The fourth-order valence-electron chi connectivity index (χ4n) is 2.39. The van der Waals surface area contributed by atoms with Crippen LogP contribution in [0.25, 0.3) is 10.9 Å². The number of carbonyl (C=O) groups excluding carboxylic acids is 2. The minimum absolute atomic E-state index is 0.106. The molecule has 0 aliphatic heterocycles. The molecular formula is C15H14N2O4. The Morgan fingerprint density at radius 2 is 1.81 bits per heavy atom. The number of fused-ring (bicyclic) bond motifs is 1. The number of nitrogens with zero attached hydrogens (tertiary/aromatic N) is 2. The van der Waals surface area contributed by atoms with Crippen LogP contribution in [0.2, 0.25) is 0 Å². The zero-order chi connectivity index (χ0) is 15.7. The first kappa shape index (κ1) is 14.6. The standard InChI is InChI=1S/C15H14N2O4/c1-8-5-11(14(18)20-3)12(15(19)21-4)13-10(8)6-9(7-16)17(13)2/h5-6H,1-4H3. The normalized spacial score (nSPS) is 10.2. The van der Waals surface area contributed by atoms with Gasteiger partial charge in [-0.05, 0) is 24.6 Å². The minimum atomic E-state index is -0.647. The first-order valence-electron chi connectivity index (χ1n) is 6.16.